The molecule has 0 bridgehead atoms. The molecular weight excluding hydrogens is 382 g/mol. The molecule has 3 atom stereocenters. The van der Waals surface area contributed by atoms with Gasteiger partial charge >= 0.3 is 0 Å². The number of rotatable bonds is 5. The zero-order valence-electron chi connectivity index (χ0n) is 17.2. The molecule has 3 fully saturated rings. The van der Waals surface area contributed by atoms with E-state index in [1.807, 2.05) is 30.3 Å². The molecule has 7 nitrogen and oxygen atoms in total. The lowest BCUT2D eigenvalue weighted by molar-refractivity contribution is -0.141. The van der Waals surface area contributed by atoms with E-state index in [4.69, 9.17) is 0 Å². The topological polar surface area (TPSA) is 86.8 Å². The first kappa shape index (κ1) is 20.6. The number of piperidine rings is 1. The summed E-state index contributed by atoms with van der Waals surface area (Å²) in [4.78, 5) is 53.5. The molecule has 2 heterocycles. The first-order chi connectivity index (χ1) is 14.5. The Morgan fingerprint density at radius 2 is 1.60 bits per heavy atom. The van der Waals surface area contributed by atoms with Crippen LogP contribution in [0.5, 0.6) is 0 Å². The number of hydrogen-bond acceptors (Lipinski definition) is 4. The lowest BCUT2D eigenvalue weighted by Crippen LogP contribution is -2.45. The van der Waals surface area contributed by atoms with E-state index in [0.717, 1.165) is 44.2 Å². The number of carbonyl (C=O) groups excluding carboxylic acids is 4. The highest BCUT2D eigenvalue weighted by atomic mass is 16.2. The van der Waals surface area contributed by atoms with Crippen LogP contribution < -0.4 is 5.32 Å². The van der Waals surface area contributed by atoms with Crippen LogP contribution in [0.3, 0.4) is 0 Å². The zero-order valence-corrected chi connectivity index (χ0v) is 17.2. The molecule has 1 N–H and O–H groups in total. The number of nitrogens with zero attached hydrogens (tertiary/aromatic N) is 2. The van der Waals surface area contributed by atoms with Gasteiger partial charge in [0.1, 0.15) is 0 Å². The third-order valence-electron chi connectivity index (χ3n) is 6.67. The number of carbonyl (C=O) groups is 4. The van der Waals surface area contributed by atoms with Crippen molar-refractivity contribution >= 4 is 29.3 Å². The number of imide groups is 1. The minimum atomic E-state index is -0.249. The van der Waals surface area contributed by atoms with Gasteiger partial charge in [-0.1, -0.05) is 31.0 Å². The number of hydrogen-bond donors (Lipinski definition) is 1. The van der Waals surface area contributed by atoms with Crippen LogP contribution in [0.15, 0.2) is 30.3 Å². The van der Waals surface area contributed by atoms with Crippen LogP contribution in [-0.2, 0) is 19.2 Å². The maximum Gasteiger partial charge on any atom is 0.233 e. The van der Waals surface area contributed by atoms with E-state index in [0.29, 0.717) is 13.1 Å². The average molecular weight is 412 g/mol. The van der Waals surface area contributed by atoms with Crippen LogP contribution in [0.1, 0.15) is 44.9 Å². The highest BCUT2D eigenvalue weighted by Gasteiger charge is 2.48. The van der Waals surface area contributed by atoms with Gasteiger partial charge in [0.05, 0.1) is 17.8 Å². The van der Waals surface area contributed by atoms with Gasteiger partial charge in [-0.05, 0) is 37.8 Å². The molecule has 2 aliphatic heterocycles. The molecule has 4 rings (SSSR count). The summed E-state index contributed by atoms with van der Waals surface area (Å²) in [7, 11) is 0. The van der Waals surface area contributed by atoms with Gasteiger partial charge in [-0.2, -0.15) is 0 Å². The van der Waals surface area contributed by atoms with Crippen LogP contribution in [0.4, 0.5) is 5.69 Å². The lowest BCUT2D eigenvalue weighted by atomic mass is 9.81. The van der Waals surface area contributed by atoms with E-state index in [1.165, 1.54) is 4.90 Å². The van der Waals surface area contributed by atoms with Crippen molar-refractivity contribution in [3.63, 3.8) is 0 Å². The fourth-order valence-corrected chi connectivity index (χ4v) is 5.00. The second kappa shape index (κ2) is 8.98. The van der Waals surface area contributed by atoms with E-state index in [-0.39, 0.29) is 54.3 Å². The van der Waals surface area contributed by atoms with E-state index in [2.05, 4.69) is 5.32 Å². The molecule has 7 heteroatoms. The zero-order chi connectivity index (χ0) is 21.1. The Labute approximate surface area is 176 Å². The van der Waals surface area contributed by atoms with Crippen molar-refractivity contribution < 1.29 is 19.2 Å². The Hall–Kier alpha value is -2.70. The van der Waals surface area contributed by atoms with Crippen molar-refractivity contribution in [3.05, 3.63) is 30.3 Å². The quantitative estimate of drug-likeness (QED) is 0.754. The summed E-state index contributed by atoms with van der Waals surface area (Å²) >= 11 is 0. The fourth-order valence-electron chi connectivity index (χ4n) is 5.00. The average Bonchev–Trinajstić information content (AvgIpc) is 3.03. The highest BCUT2D eigenvalue weighted by molar-refractivity contribution is 6.05. The predicted octanol–water partition coefficient (Wildman–Crippen LogP) is 2.43. The normalized spacial score (nSPS) is 26.5. The van der Waals surface area contributed by atoms with Gasteiger partial charge < -0.3 is 10.2 Å². The summed E-state index contributed by atoms with van der Waals surface area (Å²) in [6.45, 7) is 1.15. The fraction of sp³-hybridized carbons (Fsp3) is 0.565. The Morgan fingerprint density at radius 1 is 0.933 bits per heavy atom. The van der Waals surface area contributed by atoms with E-state index >= 15 is 0 Å². The Kier molecular flexibility index (Phi) is 6.16. The summed E-state index contributed by atoms with van der Waals surface area (Å²) in [6, 6.07) is 9.30. The number of fused-ring (bicyclic) bond motifs is 1. The molecule has 0 radical (unpaired) electrons. The molecule has 1 aromatic rings. The van der Waals surface area contributed by atoms with Gasteiger partial charge in [-0.3, -0.25) is 24.1 Å². The van der Waals surface area contributed by atoms with Crippen molar-refractivity contribution in [1.29, 1.82) is 0 Å². The monoisotopic (exact) mass is 411 g/mol. The van der Waals surface area contributed by atoms with E-state index < -0.39 is 0 Å². The van der Waals surface area contributed by atoms with Crippen LogP contribution in [-0.4, -0.2) is 53.1 Å². The summed E-state index contributed by atoms with van der Waals surface area (Å²) < 4.78 is 0. The number of likely N-dealkylation sites (tertiary alicyclic amines) is 2. The molecule has 1 aliphatic carbocycles. The number of anilines is 1. The van der Waals surface area contributed by atoms with Crippen molar-refractivity contribution in [2.24, 2.45) is 17.8 Å². The summed E-state index contributed by atoms with van der Waals surface area (Å²) in [5.41, 5.74) is 0.749. The molecule has 1 saturated carbocycles. The van der Waals surface area contributed by atoms with Gasteiger partial charge in [0.15, 0.2) is 0 Å². The standard InChI is InChI=1S/C23H29N3O4/c27-20(12-14-26-22(29)18-10-4-5-11-19(18)23(26)30)25-13-6-7-16(15-25)21(28)24-17-8-2-1-3-9-17/h1-3,8-9,16,18-19H,4-7,10-15H2,(H,24,28)/t16-,18-,19-/m1/s1. The van der Waals surface area contributed by atoms with Crippen molar-refractivity contribution in [1.82, 2.24) is 9.80 Å². The summed E-state index contributed by atoms with van der Waals surface area (Å²) in [5, 5.41) is 2.91. The maximum atomic E-state index is 12.8. The van der Waals surface area contributed by atoms with E-state index in [9.17, 15) is 19.2 Å². The Morgan fingerprint density at radius 3 is 2.27 bits per heavy atom. The van der Waals surface area contributed by atoms with Gasteiger partial charge in [0, 0.05) is 31.7 Å². The van der Waals surface area contributed by atoms with Crippen molar-refractivity contribution in [2.45, 2.75) is 44.9 Å². The third-order valence-corrected chi connectivity index (χ3v) is 6.67. The minimum Gasteiger partial charge on any atom is -0.342 e. The molecule has 0 unspecified atom stereocenters. The number of amides is 4. The first-order valence-corrected chi connectivity index (χ1v) is 11.0. The smallest absolute Gasteiger partial charge is 0.233 e. The molecule has 1 aromatic carbocycles. The molecule has 3 aliphatic rings. The first-order valence-electron chi connectivity index (χ1n) is 11.0. The minimum absolute atomic E-state index is 0.0762. The van der Waals surface area contributed by atoms with Crippen LogP contribution in [0.25, 0.3) is 0 Å². The molecule has 160 valence electrons. The Balaban J connectivity index is 1.30. The Bertz CT molecular complexity index is 801. The number of para-hydroxylation sites is 1. The summed E-state index contributed by atoms with van der Waals surface area (Å²) in [6.07, 6.45) is 5.19. The molecule has 4 amide bonds. The molecule has 30 heavy (non-hydrogen) atoms. The number of benzene rings is 1. The second-order valence-corrected chi connectivity index (χ2v) is 8.61. The molecule has 2 saturated heterocycles. The number of nitrogens with one attached hydrogen (secondary N) is 1. The SMILES string of the molecule is O=C(Nc1ccccc1)[C@@H]1CCCN(C(=O)CCN2C(=O)[C@@H]3CCCC[C@H]3C2=O)C1. The molecular formula is C23H29N3O4. The van der Waals surface area contributed by atoms with Gasteiger partial charge in [0.25, 0.3) is 0 Å². The van der Waals surface area contributed by atoms with Gasteiger partial charge in [0.2, 0.25) is 23.6 Å². The second-order valence-electron chi connectivity index (χ2n) is 8.61. The van der Waals surface area contributed by atoms with Crippen LogP contribution >= 0.6 is 0 Å². The van der Waals surface area contributed by atoms with Crippen LogP contribution in [0, 0.1) is 17.8 Å². The lowest BCUT2D eigenvalue weighted by Gasteiger charge is -2.32. The van der Waals surface area contributed by atoms with Crippen molar-refractivity contribution in [3.8, 4) is 0 Å². The molecule has 0 spiro atoms. The third kappa shape index (κ3) is 4.25. The van der Waals surface area contributed by atoms with E-state index in [1.54, 1.807) is 4.90 Å². The highest BCUT2D eigenvalue weighted by Crippen LogP contribution is 2.38. The van der Waals surface area contributed by atoms with Crippen LogP contribution in [0.2, 0.25) is 0 Å². The summed E-state index contributed by atoms with van der Waals surface area (Å²) in [5.74, 6) is -0.978. The molecule has 0 aromatic heterocycles. The van der Waals surface area contributed by atoms with Gasteiger partial charge in [-0.25, -0.2) is 0 Å². The maximum absolute atomic E-state index is 12.8. The van der Waals surface area contributed by atoms with Gasteiger partial charge in [-0.15, -0.1) is 0 Å². The predicted molar refractivity (Wildman–Crippen MR) is 111 cm³/mol. The van der Waals surface area contributed by atoms with Crippen molar-refractivity contribution in [2.75, 3.05) is 25.0 Å². The largest absolute Gasteiger partial charge is 0.342 e.